The van der Waals surface area contributed by atoms with E-state index < -0.39 is 0 Å². The second-order valence-corrected chi connectivity index (χ2v) is 3.72. The molecule has 0 aromatic heterocycles. The summed E-state index contributed by atoms with van der Waals surface area (Å²) in [6.45, 7) is 2.83. The highest BCUT2D eigenvalue weighted by atomic mass is 16.6. The van der Waals surface area contributed by atoms with Crippen LogP contribution in [-0.2, 0) is 14.3 Å². The first-order valence-corrected chi connectivity index (χ1v) is 5.32. The Morgan fingerprint density at radius 3 is 3.13 bits per heavy atom. The first-order valence-electron chi connectivity index (χ1n) is 5.32. The van der Waals surface area contributed by atoms with Crippen LogP contribution in [0, 0.1) is 0 Å². The van der Waals surface area contributed by atoms with Crippen LogP contribution < -0.4 is 10.6 Å². The van der Waals surface area contributed by atoms with E-state index >= 15 is 0 Å². The van der Waals surface area contributed by atoms with E-state index in [4.69, 9.17) is 9.47 Å². The summed E-state index contributed by atoms with van der Waals surface area (Å²) in [6, 6.07) is 0.206. The predicted octanol–water partition coefficient (Wildman–Crippen LogP) is -0.257. The maximum absolute atomic E-state index is 11.7. The van der Waals surface area contributed by atoms with Crippen LogP contribution in [0.5, 0.6) is 0 Å². The maximum atomic E-state index is 11.7. The van der Waals surface area contributed by atoms with Gasteiger partial charge in [0.05, 0.1) is 0 Å². The Morgan fingerprint density at radius 1 is 1.53 bits per heavy atom. The lowest BCUT2D eigenvalue weighted by atomic mass is 10.1. The van der Waals surface area contributed by atoms with Crippen molar-refractivity contribution in [2.24, 2.45) is 0 Å². The van der Waals surface area contributed by atoms with Crippen LogP contribution >= 0.6 is 0 Å². The summed E-state index contributed by atoms with van der Waals surface area (Å²) in [5, 5.41) is 6.15. The number of ether oxygens (including phenoxy) is 2. The molecule has 15 heavy (non-hydrogen) atoms. The summed E-state index contributed by atoms with van der Waals surface area (Å²) < 4.78 is 10.2. The number of piperidine rings is 1. The van der Waals surface area contributed by atoms with E-state index in [1.165, 1.54) is 6.26 Å². The largest absolute Gasteiger partial charge is 0.494 e. The Morgan fingerprint density at radius 2 is 2.47 bits per heavy atom. The van der Waals surface area contributed by atoms with Gasteiger partial charge in [0.15, 0.2) is 0 Å². The van der Waals surface area contributed by atoms with E-state index in [1.54, 1.807) is 0 Å². The van der Waals surface area contributed by atoms with Gasteiger partial charge in [0.1, 0.15) is 19.5 Å². The molecule has 1 fully saturated rings. The van der Waals surface area contributed by atoms with Gasteiger partial charge in [-0.3, -0.25) is 4.79 Å². The zero-order valence-corrected chi connectivity index (χ0v) is 8.62. The average molecular weight is 212 g/mol. The molecular formula is C10H16N2O3. The minimum absolute atomic E-state index is 0.177. The third-order valence-corrected chi connectivity index (χ3v) is 2.51. The van der Waals surface area contributed by atoms with Crippen LogP contribution in [0.2, 0.25) is 0 Å². The molecule has 2 heterocycles. The van der Waals surface area contributed by atoms with Gasteiger partial charge in [-0.25, -0.2) is 0 Å². The van der Waals surface area contributed by atoms with E-state index in [0.717, 1.165) is 25.9 Å². The molecule has 1 unspecified atom stereocenters. The topological polar surface area (TPSA) is 59.6 Å². The summed E-state index contributed by atoms with van der Waals surface area (Å²) in [6.07, 6.45) is 3.50. The molecule has 0 bridgehead atoms. The smallest absolute Gasteiger partial charge is 0.289 e. The second-order valence-electron chi connectivity index (χ2n) is 3.72. The van der Waals surface area contributed by atoms with E-state index in [1.807, 2.05) is 0 Å². The lowest BCUT2D eigenvalue weighted by Gasteiger charge is -2.24. The molecule has 0 aromatic carbocycles. The van der Waals surface area contributed by atoms with Crippen LogP contribution in [-0.4, -0.2) is 38.3 Å². The summed E-state index contributed by atoms with van der Waals surface area (Å²) in [4.78, 5) is 11.7. The van der Waals surface area contributed by atoms with E-state index in [-0.39, 0.29) is 17.7 Å². The van der Waals surface area contributed by atoms with Crippen LogP contribution in [0.1, 0.15) is 12.8 Å². The Balaban J connectivity index is 1.82. The number of amides is 1. The fourth-order valence-corrected chi connectivity index (χ4v) is 1.72. The lowest BCUT2D eigenvalue weighted by Crippen LogP contribution is -2.46. The first kappa shape index (κ1) is 10.3. The summed E-state index contributed by atoms with van der Waals surface area (Å²) in [7, 11) is 0. The molecule has 84 valence electrons. The number of nitrogens with one attached hydrogen (secondary N) is 2. The van der Waals surface area contributed by atoms with Crippen molar-refractivity contribution in [2.45, 2.75) is 18.9 Å². The van der Waals surface area contributed by atoms with Crippen molar-refractivity contribution in [3.63, 3.8) is 0 Å². The lowest BCUT2D eigenvalue weighted by molar-refractivity contribution is -0.123. The predicted molar refractivity (Wildman–Crippen MR) is 54.0 cm³/mol. The van der Waals surface area contributed by atoms with Crippen molar-refractivity contribution in [1.29, 1.82) is 0 Å². The normalized spacial score (nSPS) is 25.9. The highest BCUT2D eigenvalue weighted by Gasteiger charge is 2.20. The van der Waals surface area contributed by atoms with Gasteiger partial charge >= 0.3 is 0 Å². The number of carbonyl (C=O) groups excluding carboxylic acids is 1. The molecule has 0 saturated carbocycles. The molecule has 1 saturated heterocycles. The number of hydrogen-bond donors (Lipinski definition) is 2. The van der Waals surface area contributed by atoms with Gasteiger partial charge in [-0.1, -0.05) is 0 Å². The molecule has 5 heteroatoms. The fourth-order valence-electron chi connectivity index (χ4n) is 1.72. The minimum Gasteiger partial charge on any atom is -0.494 e. The van der Waals surface area contributed by atoms with Crippen LogP contribution in [0.15, 0.2) is 12.0 Å². The Bertz CT molecular complexity index is 259. The van der Waals surface area contributed by atoms with E-state index in [0.29, 0.717) is 13.2 Å². The third kappa shape index (κ3) is 2.86. The monoisotopic (exact) mass is 212 g/mol. The Kier molecular flexibility index (Phi) is 3.45. The van der Waals surface area contributed by atoms with Crippen molar-refractivity contribution in [3.05, 3.63) is 12.0 Å². The van der Waals surface area contributed by atoms with Crippen molar-refractivity contribution in [3.8, 4) is 0 Å². The molecule has 0 aromatic rings. The quantitative estimate of drug-likeness (QED) is 0.662. The fraction of sp³-hybridized carbons (Fsp3) is 0.700. The van der Waals surface area contributed by atoms with Crippen LogP contribution in [0.3, 0.4) is 0 Å². The third-order valence-electron chi connectivity index (χ3n) is 2.51. The van der Waals surface area contributed by atoms with Gasteiger partial charge in [-0.05, 0) is 19.4 Å². The maximum Gasteiger partial charge on any atom is 0.289 e. The zero-order valence-electron chi connectivity index (χ0n) is 8.62. The first-order chi connectivity index (χ1) is 7.36. The molecule has 2 N–H and O–H groups in total. The highest BCUT2D eigenvalue weighted by molar-refractivity contribution is 5.91. The molecule has 0 aliphatic carbocycles. The summed E-state index contributed by atoms with van der Waals surface area (Å²) in [5.74, 6) is 0.107. The average Bonchev–Trinajstić information content (AvgIpc) is 2.31. The standard InChI is InChI=1S/C10H16N2O3/c13-10(9-7-14-4-5-15-9)12-8-2-1-3-11-6-8/h7-8,11H,1-6H2,(H,12,13). The number of hydrogen-bond acceptors (Lipinski definition) is 4. The molecule has 2 aliphatic heterocycles. The Labute approximate surface area is 88.8 Å². The van der Waals surface area contributed by atoms with Gasteiger partial charge < -0.3 is 20.1 Å². The SMILES string of the molecule is O=C(NC1CCCNC1)C1=COCCO1. The van der Waals surface area contributed by atoms with Gasteiger partial charge in [0.2, 0.25) is 5.76 Å². The number of rotatable bonds is 2. The van der Waals surface area contributed by atoms with Crippen LogP contribution in [0.4, 0.5) is 0 Å². The summed E-state index contributed by atoms with van der Waals surface area (Å²) >= 11 is 0. The van der Waals surface area contributed by atoms with Gasteiger partial charge in [0, 0.05) is 12.6 Å². The molecule has 1 amide bonds. The second kappa shape index (κ2) is 5.02. The highest BCUT2D eigenvalue weighted by Crippen LogP contribution is 2.07. The molecule has 5 nitrogen and oxygen atoms in total. The van der Waals surface area contributed by atoms with Crippen molar-refractivity contribution < 1.29 is 14.3 Å². The molecule has 1 atom stereocenters. The van der Waals surface area contributed by atoms with Crippen molar-refractivity contribution in [2.75, 3.05) is 26.3 Å². The minimum atomic E-state index is -0.177. The molecular weight excluding hydrogens is 196 g/mol. The molecule has 2 rings (SSSR count). The van der Waals surface area contributed by atoms with Gasteiger partial charge in [-0.15, -0.1) is 0 Å². The van der Waals surface area contributed by atoms with Crippen molar-refractivity contribution in [1.82, 2.24) is 10.6 Å². The van der Waals surface area contributed by atoms with Gasteiger partial charge in [-0.2, -0.15) is 0 Å². The van der Waals surface area contributed by atoms with Gasteiger partial charge in [0.25, 0.3) is 5.91 Å². The number of carbonyl (C=O) groups is 1. The van der Waals surface area contributed by atoms with Crippen molar-refractivity contribution >= 4 is 5.91 Å². The van der Waals surface area contributed by atoms with E-state index in [2.05, 4.69) is 10.6 Å². The zero-order chi connectivity index (χ0) is 10.5. The van der Waals surface area contributed by atoms with Crippen LogP contribution in [0.25, 0.3) is 0 Å². The molecule has 0 radical (unpaired) electrons. The molecule has 2 aliphatic rings. The Hall–Kier alpha value is -1.23. The summed E-state index contributed by atoms with van der Waals surface area (Å²) in [5.41, 5.74) is 0. The molecule has 0 spiro atoms. The van der Waals surface area contributed by atoms with E-state index in [9.17, 15) is 4.79 Å².